The van der Waals surface area contributed by atoms with E-state index in [0.29, 0.717) is 11.5 Å². The Morgan fingerprint density at radius 3 is 2.29 bits per heavy atom. The molecule has 0 saturated carbocycles. The van der Waals surface area contributed by atoms with Crippen LogP contribution in [0.15, 0.2) is 54.6 Å². The van der Waals surface area contributed by atoms with Crippen LogP contribution < -0.4 is 9.47 Å². The zero-order valence-electron chi connectivity index (χ0n) is 16.8. The second-order valence-corrected chi connectivity index (χ2v) is 6.52. The van der Waals surface area contributed by atoms with Gasteiger partial charge in [0.05, 0.1) is 26.2 Å². The molecular weight excluding hydrogens is 358 g/mol. The van der Waals surface area contributed by atoms with E-state index in [-0.39, 0.29) is 31.1 Å². The molecule has 0 aliphatic carbocycles. The highest BCUT2D eigenvalue weighted by molar-refractivity contribution is 5.79. The van der Waals surface area contributed by atoms with Crippen LogP contribution in [0.4, 0.5) is 0 Å². The summed E-state index contributed by atoms with van der Waals surface area (Å²) in [5.74, 6) is 0.179. The van der Waals surface area contributed by atoms with Gasteiger partial charge in [0, 0.05) is 12.6 Å². The molecule has 2 aromatic rings. The number of ether oxygens (including phenoxy) is 3. The zero-order valence-corrected chi connectivity index (χ0v) is 16.8. The number of methoxy groups -OCH3 is 2. The van der Waals surface area contributed by atoms with E-state index in [2.05, 4.69) is 0 Å². The Hall–Kier alpha value is -3.02. The lowest BCUT2D eigenvalue weighted by Crippen LogP contribution is -2.41. The standard InChI is InChI=1S/C22H27NO5/c1-16(22(25)27-4)14-23(17(2)18-9-6-5-7-10-18)21(24)15-28-20-12-8-11-19(13-20)26-3/h5-13,16-17H,14-15H2,1-4H3. The fraction of sp³-hybridized carbons (Fsp3) is 0.364. The van der Waals surface area contributed by atoms with Gasteiger partial charge in [0.2, 0.25) is 0 Å². The third kappa shape index (κ3) is 5.74. The minimum absolute atomic E-state index is 0.141. The summed E-state index contributed by atoms with van der Waals surface area (Å²) in [6.45, 7) is 3.77. The van der Waals surface area contributed by atoms with Crippen LogP contribution in [0.3, 0.4) is 0 Å². The van der Waals surface area contributed by atoms with Crippen LogP contribution in [0.1, 0.15) is 25.5 Å². The molecule has 0 aromatic heterocycles. The number of nitrogens with zero attached hydrogens (tertiary/aromatic N) is 1. The molecule has 0 N–H and O–H groups in total. The molecule has 28 heavy (non-hydrogen) atoms. The summed E-state index contributed by atoms with van der Waals surface area (Å²) in [6.07, 6.45) is 0. The molecule has 0 fully saturated rings. The minimum Gasteiger partial charge on any atom is -0.497 e. The Labute approximate surface area is 166 Å². The van der Waals surface area contributed by atoms with Gasteiger partial charge in [-0.25, -0.2) is 0 Å². The van der Waals surface area contributed by atoms with E-state index in [4.69, 9.17) is 14.2 Å². The molecule has 0 aliphatic rings. The van der Waals surface area contributed by atoms with Crippen molar-refractivity contribution in [2.75, 3.05) is 27.4 Å². The van der Waals surface area contributed by atoms with Crippen molar-refractivity contribution in [3.8, 4) is 11.5 Å². The van der Waals surface area contributed by atoms with Crippen LogP contribution in [-0.4, -0.2) is 44.1 Å². The quantitative estimate of drug-likeness (QED) is 0.619. The topological polar surface area (TPSA) is 65.1 Å². The van der Waals surface area contributed by atoms with Gasteiger partial charge in [0.25, 0.3) is 5.91 Å². The number of hydrogen-bond acceptors (Lipinski definition) is 5. The molecule has 2 unspecified atom stereocenters. The minimum atomic E-state index is -0.447. The Balaban J connectivity index is 2.14. The SMILES string of the molecule is COC(=O)C(C)CN(C(=O)COc1cccc(OC)c1)C(C)c1ccccc1. The van der Waals surface area contributed by atoms with E-state index in [0.717, 1.165) is 5.56 Å². The van der Waals surface area contributed by atoms with E-state index in [9.17, 15) is 9.59 Å². The van der Waals surface area contributed by atoms with Gasteiger partial charge in [-0.2, -0.15) is 0 Å². The molecule has 6 nitrogen and oxygen atoms in total. The van der Waals surface area contributed by atoms with Gasteiger partial charge in [0.1, 0.15) is 11.5 Å². The second kappa shape index (κ2) is 10.3. The van der Waals surface area contributed by atoms with Crippen molar-refractivity contribution in [1.29, 1.82) is 0 Å². The lowest BCUT2D eigenvalue weighted by molar-refractivity contribution is -0.147. The van der Waals surface area contributed by atoms with E-state index >= 15 is 0 Å². The maximum absolute atomic E-state index is 12.9. The summed E-state index contributed by atoms with van der Waals surface area (Å²) in [5, 5.41) is 0. The first kappa shape index (κ1) is 21.3. The molecule has 0 saturated heterocycles. The van der Waals surface area contributed by atoms with E-state index < -0.39 is 5.92 Å². The van der Waals surface area contributed by atoms with Crippen molar-refractivity contribution in [2.45, 2.75) is 19.9 Å². The van der Waals surface area contributed by atoms with Gasteiger partial charge in [0.15, 0.2) is 6.61 Å². The maximum atomic E-state index is 12.9. The summed E-state index contributed by atoms with van der Waals surface area (Å²) >= 11 is 0. The largest absolute Gasteiger partial charge is 0.497 e. The van der Waals surface area contributed by atoms with Crippen molar-refractivity contribution >= 4 is 11.9 Å². The number of benzene rings is 2. The lowest BCUT2D eigenvalue weighted by atomic mass is 10.0. The first-order valence-corrected chi connectivity index (χ1v) is 9.15. The molecule has 6 heteroatoms. The van der Waals surface area contributed by atoms with E-state index in [1.165, 1.54) is 7.11 Å². The fourth-order valence-electron chi connectivity index (χ4n) is 2.88. The van der Waals surface area contributed by atoms with Gasteiger partial charge >= 0.3 is 5.97 Å². The van der Waals surface area contributed by atoms with Crippen LogP contribution in [0, 0.1) is 5.92 Å². The molecule has 0 heterocycles. The third-order valence-corrected chi connectivity index (χ3v) is 4.55. The summed E-state index contributed by atoms with van der Waals surface area (Å²) in [4.78, 5) is 26.5. The Morgan fingerprint density at radius 2 is 1.64 bits per heavy atom. The van der Waals surface area contributed by atoms with Gasteiger partial charge < -0.3 is 19.1 Å². The highest BCUT2D eigenvalue weighted by atomic mass is 16.5. The third-order valence-electron chi connectivity index (χ3n) is 4.55. The molecule has 0 radical (unpaired) electrons. The fourth-order valence-corrected chi connectivity index (χ4v) is 2.88. The summed E-state index contributed by atoms with van der Waals surface area (Å²) in [5.41, 5.74) is 0.981. The number of amides is 1. The first-order chi connectivity index (χ1) is 13.5. The molecule has 150 valence electrons. The van der Waals surface area contributed by atoms with Gasteiger partial charge in [-0.1, -0.05) is 43.3 Å². The highest BCUT2D eigenvalue weighted by Gasteiger charge is 2.26. The Kier molecular flexibility index (Phi) is 7.87. The van der Waals surface area contributed by atoms with Gasteiger partial charge in [-0.15, -0.1) is 0 Å². The summed E-state index contributed by atoms with van der Waals surface area (Å²) < 4.78 is 15.6. The second-order valence-electron chi connectivity index (χ2n) is 6.52. The molecular formula is C22H27NO5. The molecule has 1 amide bonds. The molecule has 2 aromatic carbocycles. The number of carbonyl (C=O) groups is 2. The summed E-state index contributed by atoms with van der Waals surface area (Å²) in [7, 11) is 2.92. The number of hydrogen-bond donors (Lipinski definition) is 0. The van der Waals surface area contributed by atoms with E-state index in [1.807, 2.05) is 37.3 Å². The lowest BCUT2D eigenvalue weighted by Gasteiger charge is -2.31. The van der Waals surface area contributed by atoms with Crippen molar-refractivity contribution < 1.29 is 23.8 Å². The number of carbonyl (C=O) groups excluding carboxylic acids is 2. The predicted molar refractivity (Wildman–Crippen MR) is 106 cm³/mol. The Bertz CT molecular complexity index is 778. The van der Waals surface area contributed by atoms with Gasteiger partial charge in [-0.3, -0.25) is 9.59 Å². The van der Waals surface area contributed by atoms with Gasteiger partial charge in [-0.05, 0) is 24.6 Å². The smallest absolute Gasteiger partial charge is 0.310 e. The molecule has 0 spiro atoms. The predicted octanol–water partition coefficient (Wildman–Crippen LogP) is 3.47. The monoisotopic (exact) mass is 385 g/mol. The van der Waals surface area contributed by atoms with Crippen molar-refractivity contribution in [2.24, 2.45) is 5.92 Å². The number of esters is 1. The van der Waals surface area contributed by atoms with Crippen molar-refractivity contribution in [3.05, 3.63) is 60.2 Å². The van der Waals surface area contributed by atoms with Crippen LogP contribution >= 0.6 is 0 Å². The maximum Gasteiger partial charge on any atom is 0.310 e. The highest BCUT2D eigenvalue weighted by Crippen LogP contribution is 2.23. The zero-order chi connectivity index (χ0) is 20.5. The van der Waals surface area contributed by atoms with Crippen LogP contribution in [0.2, 0.25) is 0 Å². The van der Waals surface area contributed by atoms with Crippen molar-refractivity contribution in [3.63, 3.8) is 0 Å². The van der Waals surface area contributed by atoms with Crippen LogP contribution in [0.25, 0.3) is 0 Å². The first-order valence-electron chi connectivity index (χ1n) is 9.15. The normalized spacial score (nSPS) is 12.6. The summed E-state index contributed by atoms with van der Waals surface area (Å²) in [6, 6.07) is 16.5. The number of rotatable bonds is 9. The van der Waals surface area contributed by atoms with Crippen LogP contribution in [0.5, 0.6) is 11.5 Å². The molecule has 0 aliphatic heterocycles. The Morgan fingerprint density at radius 1 is 0.964 bits per heavy atom. The average molecular weight is 385 g/mol. The molecule has 0 bridgehead atoms. The average Bonchev–Trinajstić information content (AvgIpc) is 2.75. The molecule has 2 rings (SSSR count). The van der Waals surface area contributed by atoms with Crippen molar-refractivity contribution in [1.82, 2.24) is 4.90 Å². The van der Waals surface area contributed by atoms with E-state index in [1.54, 1.807) is 43.2 Å². The molecule has 2 atom stereocenters. The van der Waals surface area contributed by atoms with Crippen LogP contribution in [-0.2, 0) is 14.3 Å².